The lowest BCUT2D eigenvalue weighted by Gasteiger charge is -2.15. The van der Waals surface area contributed by atoms with E-state index in [1.807, 2.05) is 30.3 Å². The Bertz CT molecular complexity index is 539. The molecule has 1 aromatic carbocycles. The maximum Gasteiger partial charge on any atom is 0.241 e. The Balaban J connectivity index is 1.57. The lowest BCUT2D eigenvalue weighted by Crippen LogP contribution is -2.39. The Labute approximate surface area is 136 Å². The number of nitrogens with zero attached hydrogens (tertiary/aromatic N) is 1. The van der Waals surface area contributed by atoms with E-state index in [-0.39, 0.29) is 37.2 Å². The van der Waals surface area contributed by atoms with Crippen molar-refractivity contribution >= 4 is 17.7 Å². The highest BCUT2D eigenvalue weighted by atomic mass is 16.2. The van der Waals surface area contributed by atoms with Crippen LogP contribution in [0.4, 0.5) is 0 Å². The number of likely N-dealkylation sites (tertiary alicyclic amines) is 1. The van der Waals surface area contributed by atoms with Crippen LogP contribution in [0.2, 0.25) is 0 Å². The van der Waals surface area contributed by atoms with Gasteiger partial charge in [0, 0.05) is 26.1 Å². The summed E-state index contributed by atoms with van der Waals surface area (Å²) in [4.78, 5) is 36.9. The fourth-order valence-electron chi connectivity index (χ4n) is 2.50. The average molecular weight is 317 g/mol. The monoisotopic (exact) mass is 317 g/mol. The summed E-state index contributed by atoms with van der Waals surface area (Å²) in [7, 11) is 0. The van der Waals surface area contributed by atoms with Gasteiger partial charge in [0.25, 0.3) is 0 Å². The number of carbonyl (C=O) groups is 3. The summed E-state index contributed by atoms with van der Waals surface area (Å²) >= 11 is 0. The summed E-state index contributed by atoms with van der Waals surface area (Å²) in [6, 6.07) is 9.43. The van der Waals surface area contributed by atoms with Gasteiger partial charge >= 0.3 is 0 Å². The summed E-state index contributed by atoms with van der Waals surface area (Å²) in [5.74, 6) is -0.376. The molecule has 1 aromatic rings. The number of benzene rings is 1. The second-order valence-electron chi connectivity index (χ2n) is 5.63. The molecule has 2 rings (SSSR count). The van der Waals surface area contributed by atoms with Crippen molar-refractivity contribution in [1.82, 2.24) is 15.5 Å². The van der Waals surface area contributed by atoms with Gasteiger partial charge in [-0.3, -0.25) is 14.4 Å². The first-order valence-corrected chi connectivity index (χ1v) is 8.00. The van der Waals surface area contributed by atoms with Crippen molar-refractivity contribution in [3.05, 3.63) is 35.9 Å². The van der Waals surface area contributed by atoms with E-state index in [0.29, 0.717) is 6.42 Å². The number of carbonyl (C=O) groups excluding carboxylic acids is 3. The molecule has 1 fully saturated rings. The van der Waals surface area contributed by atoms with Crippen LogP contribution in [0.3, 0.4) is 0 Å². The highest BCUT2D eigenvalue weighted by Crippen LogP contribution is 2.06. The van der Waals surface area contributed by atoms with Gasteiger partial charge < -0.3 is 15.5 Å². The van der Waals surface area contributed by atoms with Crippen LogP contribution in [0.1, 0.15) is 24.8 Å². The SMILES string of the molecule is O=C(CCNC(=O)Cc1ccccc1)NCC(=O)N1CCCC1. The van der Waals surface area contributed by atoms with Crippen molar-refractivity contribution in [3.8, 4) is 0 Å². The molecule has 3 amide bonds. The molecule has 0 saturated carbocycles. The number of hydrogen-bond donors (Lipinski definition) is 2. The lowest BCUT2D eigenvalue weighted by atomic mass is 10.1. The van der Waals surface area contributed by atoms with Crippen LogP contribution in [-0.2, 0) is 20.8 Å². The standard InChI is InChI=1S/C17H23N3O3/c21-15(19-13-17(23)20-10-4-5-11-20)8-9-18-16(22)12-14-6-2-1-3-7-14/h1-3,6-7H,4-5,8-13H2,(H,18,22)(H,19,21). The van der Waals surface area contributed by atoms with Gasteiger partial charge in [-0.2, -0.15) is 0 Å². The van der Waals surface area contributed by atoms with Gasteiger partial charge in [0.1, 0.15) is 0 Å². The van der Waals surface area contributed by atoms with Crippen molar-refractivity contribution in [2.24, 2.45) is 0 Å². The molecule has 0 aliphatic carbocycles. The Hall–Kier alpha value is -2.37. The van der Waals surface area contributed by atoms with E-state index >= 15 is 0 Å². The van der Waals surface area contributed by atoms with Gasteiger partial charge in [-0.25, -0.2) is 0 Å². The van der Waals surface area contributed by atoms with Gasteiger partial charge in [-0.15, -0.1) is 0 Å². The van der Waals surface area contributed by atoms with Crippen molar-refractivity contribution in [2.45, 2.75) is 25.7 Å². The van der Waals surface area contributed by atoms with Gasteiger partial charge in [0.05, 0.1) is 13.0 Å². The van der Waals surface area contributed by atoms with E-state index in [1.54, 1.807) is 4.90 Å². The Kier molecular flexibility index (Phi) is 6.59. The van der Waals surface area contributed by atoms with Crippen molar-refractivity contribution in [3.63, 3.8) is 0 Å². The molecule has 2 N–H and O–H groups in total. The third kappa shape index (κ3) is 6.10. The van der Waals surface area contributed by atoms with Crippen LogP contribution >= 0.6 is 0 Å². The fraction of sp³-hybridized carbons (Fsp3) is 0.471. The zero-order valence-corrected chi connectivity index (χ0v) is 13.2. The van der Waals surface area contributed by atoms with Crippen molar-refractivity contribution in [2.75, 3.05) is 26.2 Å². The van der Waals surface area contributed by atoms with Crippen molar-refractivity contribution < 1.29 is 14.4 Å². The molecular formula is C17H23N3O3. The van der Waals surface area contributed by atoms with Gasteiger partial charge in [0.2, 0.25) is 17.7 Å². The van der Waals surface area contributed by atoms with E-state index in [2.05, 4.69) is 10.6 Å². The number of rotatable bonds is 7. The molecule has 0 bridgehead atoms. The first-order chi connectivity index (χ1) is 11.1. The molecule has 23 heavy (non-hydrogen) atoms. The maximum atomic E-state index is 11.8. The van der Waals surface area contributed by atoms with Crippen molar-refractivity contribution in [1.29, 1.82) is 0 Å². The van der Waals surface area contributed by atoms with Crippen LogP contribution in [-0.4, -0.2) is 48.8 Å². The summed E-state index contributed by atoms with van der Waals surface area (Å²) in [6.45, 7) is 1.88. The highest BCUT2D eigenvalue weighted by Gasteiger charge is 2.17. The third-order valence-electron chi connectivity index (χ3n) is 3.78. The Morgan fingerprint density at radius 3 is 2.35 bits per heavy atom. The molecule has 0 atom stereocenters. The molecule has 1 aliphatic rings. The molecule has 0 spiro atoms. The summed E-state index contributed by atoms with van der Waals surface area (Å²) in [5.41, 5.74) is 0.936. The molecule has 0 aromatic heterocycles. The van der Waals surface area contributed by atoms with Gasteiger partial charge in [-0.1, -0.05) is 30.3 Å². The Morgan fingerprint density at radius 1 is 0.957 bits per heavy atom. The smallest absolute Gasteiger partial charge is 0.241 e. The van der Waals surface area contributed by atoms with Crippen LogP contribution in [0.5, 0.6) is 0 Å². The quantitative estimate of drug-likeness (QED) is 0.767. The molecule has 1 saturated heterocycles. The second kappa shape index (κ2) is 8.92. The minimum atomic E-state index is -0.224. The second-order valence-corrected chi connectivity index (χ2v) is 5.63. The van der Waals surface area contributed by atoms with Crippen LogP contribution in [0, 0.1) is 0 Å². The fourth-order valence-corrected chi connectivity index (χ4v) is 2.50. The largest absolute Gasteiger partial charge is 0.355 e. The molecular weight excluding hydrogens is 294 g/mol. The third-order valence-corrected chi connectivity index (χ3v) is 3.78. The summed E-state index contributed by atoms with van der Waals surface area (Å²) in [6.07, 6.45) is 2.55. The van der Waals surface area contributed by atoms with E-state index in [0.717, 1.165) is 31.5 Å². The number of hydrogen-bond acceptors (Lipinski definition) is 3. The lowest BCUT2D eigenvalue weighted by molar-refractivity contribution is -0.132. The molecule has 0 unspecified atom stereocenters. The maximum absolute atomic E-state index is 11.8. The first kappa shape index (κ1) is 17.0. The molecule has 6 heteroatoms. The minimum absolute atomic E-state index is 0.0380. The predicted octanol–water partition coefficient (Wildman–Crippen LogP) is 0.474. The van der Waals surface area contributed by atoms with Crippen LogP contribution in [0.15, 0.2) is 30.3 Å². The van der Waals surface area contributed by atoms with Gasteiger partial charge in [0.15, 0.2) is 0 Å². The Morgan fingerprint density at radius 2 is 1.65 bits per heavy atom. The number of nitrogens with one attached hydrogen (secondary N) is 2. The molecule has 1 heterocycles. The van der Waals surface area contributed by atoms with Crippen LogP contribution in [0.25, 0.3) is 0 Å². The van der Waals surface area contributed by atoms with Gasteiger partial charge in [-0.05, 0) is 18.4 Å². The predicted molar refractivity (Wildman–Crippen MR) is 86.6 cm³/mol. The molecule has 1 aliphatic heterocycles. The first-order valence-electron chi connectivity index (χ1n) is 8.00. The normalized spacial score (nSPS) is 13.7. The van der Waals surface area contributed by atoms with E-state index in [4.69, 9.17) is 0 Å². The molecule has 124 valence electrons. The van der Waals surface area contributed by atoms with E-state index in [1.165, 1.54) is 0 Å². The average Bonchev–Trinajstić information content (AvgIpc) is 3.08. The number of amides is 3. The highest BCUT2D eigenvalue weighted by molar-refractivity contribution is 5.85. The molecule has 0 radical (unpaired) electrons. The summed E-state index contributed by atoms with van der Waals surface area (Å²) < 4.78 is 0. The van der Waals surface area contributed by atoms with E-state index < -0.39 is 0 Å². The molecule has 6 nitrogen and oxygen atoms in total. The van der Waals surface area contributed by atoms with Crippen LogP contribution < -0.4 is 10.6 Å². The minimum Gasteiger partial charge on any atom is -0.355 e. The van der Waals surface area contributed by atoms with E-state index in [9.17, 15) is 14.4 Å². The zero-order valence-electron chi connectivity index (χ0n) is 13.2. The summed E-state index contributed by atoms with van der Waals surface area (Å²) in [5, 5.41) is 5.31. The topological polar surface area (TPSA) is 78.5 Å². The zero-order chi connectivity index (χ0) is 16.5.